The Balaban J connectivity index is 1.37. The Hall–Kier alpha value is -4.89. The van der Waals surface area contributed by atoms with Gasteiger partial charge in [0, 0.05) is 58.8 Å². The molecular weight excluding hydrogens is 478 g/mol. The van der Waals surface area contributed by atoms with E-state index in [4.69, 9.17) is 0 Å². The van der Waals surface area contributed by atoms with E-state index in [2.05, 4.69) is 30.9 Å². The summed E-state index contributed by atoms with van der Waals surface area (Å²) in [5, 5.41) is 8.95. The predicted octanol–water partition coefficient (Wildman–Crippen LogP) is 4.90. The standard InChI is InChI=1S/C29H29N7O2/c1-20-16-22(13-14-30-20)26-18-27(32-19-31-26)33-24-6-4-7-25(17-24)35-29(38)21-9-11-23(12-10-21)34-28(37)8-5-15-36(2)3/h4-14,16-19H,15H2,1-3H3,(H,34,37)(H,35,38)(H,31,32,33)/b8-5+. The van der Waals surface area contributed by atoms with E-state index in [-0.39, 0.29) is 11.8 Å². The summed E-state index contributed by atoms with van der Waals surface area (Å²) in [4.78, 5) is 39.7. The van der Waals surface area contributed by atoms with Crippen LogP contribution in [-0.4, -0.2) is 52.3 Å². The molecular formula is C29H29N7O2. The first-order valence-corrected chi connectivity index (χ1v) is 12.0. The summed E-state index contributed by atoms with van der Waals surface area (Å²) in [6.45, 7) is 2.61. The van der Waals surface area contributed by atoms with Crippen LogP contribution in [0, 0.1) is 6.92 Å². The van der Waals surface area contributed by atoms with Gasteiger partial charge in [-0.25, -0.2) is 9.97 Å². The molecule has 9 heteroatoms. The molecule has 0 unspecified atom stereocenters. The Kier molecular flexibility index (Phi) is 8.53. The van der Waals surface area contributed by atoms with Gasteiger partial charge < -0.3 is 20.9 Å². The van der Waals surface area contributed by atoms with Crippen LogP contribution >= 0.6 is 0 Å². The minimum absolute atomic E-state index is 0.222. The number of hydrogen-bond acceptors (Lipinski definition) is 7. The third kappa shape index (κ3) is 7.55. The van der Waals surface area contributed by atoms with Crippen LogP contribution in [0.4, 0.5) is 22.9 Å². The van der Waals surface area contributed by atoms with Crippen molar-refractivity contribution in [2.24, 2.45) is 0 Å². The molecule has 38 heavy (non-hydrogen) atoms. The number of pyridine rings is 1. The summed E-state index contributed by atoms with van der Waals surface area (Å²) in [5.41, 5.74) is 5.11. The van der Waals surface area contributed by atoms with Gasteiger partial charge in [0.2, 0.25) is 5.91 Å². The smallest absolute Gasteiger partial charge is 0.255 e. The van der Waals surface area contributed by atoms with Crippen LogP contribution in [0.5, 0.6) is 0 Å². The van der Waals surface area contributed by atoms with Gasteiger partial charge in [0.05, 0.1) is 5.69 Å². The van der Waals surface area contributed by atoms with E-state index in [0.29, 0.717) is 29.3 Å². The van der Waals surface area contributed by atoms with Crippen LogP contribution in [0.1, 0.15) is 16.1 Å². The quantitative estimate of drug-likeness (QED) is 0.276. The van der Waals surface area contributed by atoms with Gasteiger partial charge >= 0.3 is 0 Å². The second-order valence-corrected chi connectivity index (χ2v) is 8.87. The summed E-state index contributed by atoms with van der Waals surface area (Å²) in [5.74, 6) is 0.144. The first kappa shape index (κ1) is 26.2. The maximum atomic E-state index is 12.8. The van der Waals surface area contributed by atoms with Crippen molar-refractivity contribution in [3.8, 4) is 11.3 Å². The number of anilines is 4. The Morgan fingerprint density at radius 3 is 2.42 bits per heavy atom. The van der Waals surface area contributed by atoms with Gasteiger partial charge in [-0.2, -0.15) is 0 Å². The third-order valence-corrected chi connectivity index (χ3v) is 5.41. The molecule has 2 heterocycles. The summed E-state index contributed by atoms with van der Waals surface area (Å²) in [7, 11) is 3.86. The van der Waals surface area contributed by atoms with E-state index in [9.17, 15) is 9.59 Å². The van der Waals surface area contributed by atoms with Gasteiger partial charge in [-0.05, 0) is 75.6 Å². The highest BCUT2D eigenvalue weighted by Crippen LogP contribution is 2.23. The number of nitrogens with one attached hydrogen (secondary N) is 3. The first-order valence-electron chi connectivity index (χ1n) is 12.0. The van der Waals surface area contributed by atoms with Crippen molar-refractivity contribution >= 4 is 34.7 Å². The molecule has 2 aromatic carbocycles. The summed E-state index contributed by atoms with van der Waals surface area (Å²) < 4.78 is 0. The second-order valence-electron chi connectivity index (χ2n) is 8.87. The largest absolute Gasteiger partial charge is 0.340 e. The molecule has 0 bridgehead atoms. The van der Waals surface area contributed by atoms with Crippen molar-refractivity contribution in [3.63, 3.8) is 0 Å². The molecule has 4 aromatic rings. The highest BCUT2D eigenvalue weighted by molar-refractivity contribution is 6.05. The lowest BCUT2D eigenvalue weighted by atomic mass is 10.1. The number of amides is 2. The highest BCUT2D eigenvalue weighted by Gasteiger charge is 2.08. The Labute approximate surface area is 221 Å². The van der Waals surface area contributed by atoms with Crippen LogP contribution in [0.3, 0.4) is 0 Å². The molecule has 2 amide bonds. The van der Waals surface area contributed by atoms with E-state index < -0.39 is 0 Å². The molecule has 2 aromatic heterocycles. The lowest BCUT2D eigenvalue weighted by Crippen LogP contribution is -2.13. The van der Waals surface area contributed by atoms with E-state index in [1.165, 1.54) is 12.4 Å². The fourth-order valence-electron chi connectivity index (χ4n) is 3.57. The van der Waals surface area contributed by atoms with Gasteiger partial charge in [0.25, 0.3) is 5.91 Å². The number of rotatable bonds is 9. The van der Waals surface area contributed by atoms with Gasteiger partial charge in [0.15, 0.2) is 0 Å². The number of aryl methyl sites for hydroxylation is 1. The molecule has 3 N–H and O–H groups in total. The fourth-order valence-corrected chi connectivity index (χ4v) is 3.57. The van der Waals surface area contributed by atoms with Crippen LogP contribution in [0.25, 0.3) is 11.3 Å². The normalized spacial score (nSPS) is 10.9. The van der Waals surface area contributed by atoms with Crippen molar-refractivity contribution in [1.82, 2.24) is 19.9 Å². The first-order chi connectivity index (χ1) is 18.4. The molecule has 0 atom stereocenters. The zero-order valence-corrected chi connectivity index (χ0v) is 21.5. The van der Waals surface area contributed by atoms with E-state index in [1.807, 2.05) is 68.4 Å². The molecule has 192 valence electrons. The number of hydrogen-bond donors (Lipinski definition) is 3. The monoisotopic (exact) mass is 507 g/mol. The van der Waals surface area contributed by atoms with Gasteiger partial charge in [-0.15, -0.1) is 0 Å². The van der Waals surface area contributed by atoms with Crippen LogP contribution in [0.2, 0.25) is 0 Å². The highest BCUT2D eigenvalue weighted by atomic mass is 16.2. The molecule has 0 fully saturated rings. The van der Waals surface area contributed by atoms with Crippen molar-refractivity contribution in [3.05, 3.63) is 103 Å². The molecule has 4 rings (SSSR count). The van der Waals surface area contributed by atoms with Gasteiger partial charge in [-0.1, -0.05) is 12.1 Å². The molecule has 0 radical (unpaired) electrons. The van der Waals surface area contributed by atoms with Crippen molar-refractivity contribution in [1.29, 1.82) is 0 Å². The van der Waals surface area contributed by atoms with Crippen molar-refractivity contribution in [2.75, 3.05) is 36.6 Å². The Bertz CT molecular complexity index is 1450. The topological polar surface area (TPSA) is 112 Å². The van der Waals surface area contributed by atoms with Crippen LogP contribution in [-0.2, 0) is 4.79 Å². The minimum atomic E-state index is -0.261. The molecule has 0 spiro atoms. The number of likely N-dealkylation sites (N-methyl/N-ethyl adjacent to an activating group) is 1. The maximum Gasteiger partial charge on any atom is 0.255 e. The number of benzene rings is 2. The zero-order chi connectivity index (χ0) is 26.9. The third-order valence-electron chi connectivity index (χ3n) is 5.41. The summed E-state index contributed by atoms with van der Waals surface area (Å²) >= 11 is 0. The molecule has 0 saturated heterocycles. The Morgan fingerprint density at radius 1 is 0.868 bits per heavy atom. The lowest BCUT2D eigenvalue weighted by Gasteiger charge is -2.10. The van der Waals surface area contributed by atoms with E-state index in [0.717, 1.165) is 22.6 Å². The summed E-state index contributed by atoms with van der Waals surface area (Å²) in [6.07, 6.45) is 6.53. The number of carbonyl (C=O) groups excluding carboxylic acids is 2. The molecule has 0 aliphatic carbocycles. The Morgan fingerprint density at radius 2 is 1.66 bits per heavy atom. The van der Waals surface area contributed by atoms with Gasteiger partial charge in [-0.3, -0.25) is 14.6 Å². The molecule has 0 aliphatic rings. The summed E-state index contributed by atoms with van der Waals surface area (Å²) in [6, 6.07) is 19.8. The van der Waals surface area contributed by atoms with E-state index in [1.54, 1.807) is 36.5 Å². The maximum absolute atomic E-state index is 12.8. The van der Waals surface area contributed by atoms with Gasteiger partial charge in [0.1, 0.15) is 12.1 Å². The SMILES string of the molecule is Cc1cc(-c2cc(Nc3cccc(NC(=O)c4ccc(NC(=O)/C=C/CN(C)C)cc4)c3)ncn2)ccn1. The molecule has 0 saturated carbocycles. The molecule has 0 aliphatic heterocycles. The van der Waals surface area contributed by atoms with E-state index >= 15 is 0 Å². The average molecular weight is 508 g/mol. The number of nitrogens with zero attached hydrogens (tertiary/aromatic N) is 4. The van der Waals surface area contributed by atoms with Crippen molar-refractivity contribution < 1.29 is 9.59 Å². The second kappa shape index (κ2) is 12.4. The molecule has 9 nitrogen and oxygen atoms in total. The number of carbonyl (C=O) groups is 2. The van der Waals surface area contributed by atoms with Crippen molar-refractivity contribution in [2.45, 2.75) is 6.92 Å². The number of aromatic nitrogens is 3. The van der Waals surface area contributed by atoms with Crippen LogP contribution < -0.4 is 16.0 Å². The zero-order valence-electron chi connectivity index (χ0n) is 21.5. The minimum Gasteiger partial charge on any atom is -0.340 e. The average Bonchev–Trinajstić information content (AvgIpc) is 2.89. The lowest BCUT2D eigenvalue weighted by molar-refractivity contribution is -0.111. The van der Waals surface area contributed by atoms with Crippen LogP contribution in [0.15, 0.2) is 91.4 Å². The predicted molar refractivity (Wildman–Crippen MR) is 150 cm³/mol. The fraction of sp³-hybridized carbons (Fsp3) is 0.138.